The first kappa shape index (κ1) is 14.5. The minimum atomic E-state index is -0.374. The van der Waals surface area contributed by atoms with Gasteiger partial charge >= 0.3 is 0 Å². The number of carbonyl (C=O) groups is 2. The molecule has 0 aliphatic carbocycles. The van der Waals surface area contributed by atoms with E-state index in [1.165, 1.54) is 4.90 Å². The Labute approximate surface area is 128 Å². The highest BCUT2D eigenvalue weighted by Crippen LogP contribution is 2.29. The highest BCUT2D eigenvalue weighted by molar-refractivity contribution is 6.32. The average Bonchev–Trinajstić information content (AvgIpc) is 2.78. The summed E-state index contributed by atoms with van der Waals surface area (Å²) in [7, 11) is 0. The second-order valence-electron chi connectivity index (χ2n) is 5.37. The van der Waals surface area contributed by atoms with Gasteiger partial charge in [0, 0.05) is 18.1 Å². The molecule has 2 amide bonds. The van der Waals surface area contributed by atoms with E-state index >= 15 is 0 Å². The van der Waals surface area contributed by atoms with Crippen molar-refractivity contribution in [1.29, 1.82) is 0 Å². The summed E-state index contributed by atoms with van der Waals surface area (Å²) in [5, 5.41) is 0.558. The van der Waals surface area contributed by atoms with E-state index in [0.717, 1.165) is 5.56 Å². The maximum atomic E-state index is 12.6. The van der Waals surface area contributed by atoms with Crippen LogP contribution in [0.2, 0.25) is 5.02 Å². The van der Waals surface area contributed by atoms with Crippen molar-refractivity contribution in [2.24, 2.45) is 0 Å². The summed E-state index contributed by atoms with van der Waals surface area (Å²) in [6.45, 7) is 4.47. The van der Waals surface area contributed by atoms with Gasteiger partial charge in [-0.2, -0.15) is 0 Å². The first-order chi connectivity index (χ1) is 10.1. The van der Waals surface area contributed by atoms with Crippen molar-refractivity contribution >= 4 is 29.1 Å². The quantitative estimate of drug-likeness (QED) is 0.779. The Balaban J connectivity index is 1.84. The Morgan fingerprint density at radius 3 is 2.62 bits per heavy atom. The molecule has 0 N–H and O–H groups in total. The van der Waals surface area contributed by atoms with E-state index in [1.54, 1.807) is 12.1 Å². The predicted octanol–water partition coefficient (Wildman–Crippen LogP) is 1.61. The molecule has 0 bridgehead atoms. The molecule has 112 valence electrons. The van der Waals surface area contributed by atoms with Crippen LogP contribution < -0.4 is 4.90 Å². The Hall–Kier alpha value is -1.43. The molecule has 0 saturated carbocycles. The summed E-state index contributed by atoms with van der Waals surface area (Å²) >= 11 is 6.10. The maximum absolute atomic E-state index is 12.6. The summed E-state index contributed by atoms with van der Waals surface area (Å²) in [4.78, 5) is 28.1. The number of aryl methyl sites for hydroxylation is 1. The Bertz CT molecular complexity index is 584. The largest absolute Gasteiger partial charge is 0.379 e. The first-order valence-electron chi connectivity index (χ1n) is 7.02. The average molecular weight is 309 g/mol. The maximum Gasteiger partial charge on any atom is 0.251 e. The number of anilines is 1. The summed E-state index contributed by atoms with van der Waals surface area (Å²) < 4.78 is 5.29. The van der Waals surface area contributed by atoms with E-state index in [1.807, 2.05) is 17.9 Å². The van der Waals surface area contributed by atoms with Crippen LogP contribution in [0.1, 0.15) is 12.0 Å². The molecule has 0 radical (unpaired) electrons. The Kier molecular flexibility index (Phi) is 3.97. The molecule has 21 heavy (non-hydrogen) atoms. The van der Waals surface area contributed by atoms with Gasteiger partial charge in [-0.05, 0) is 24.6 Å². The molecule has 2 aliphatic rings. The number of morpholine rings is 1. The molecule has 2 aliphatic heterocycles. The zero-order chi connectivity index (χ0) is 15.0. The number of imide groups is 1. The van der Waals surface area contributed by atoms with Gasteiger partial charge in [0.25, 0.3) is 5.91 Å². The zero-order valence-electron chi connectivity index (χ0n) is 11.8. The van der Waals surface area contributed by atoms with Crippen molar-refractivity contribution in [2.45, 2.75) is 19.4 Å². The van der Waals surface area contributed by atoms with Crippen LogP contribution in [0.3, 0.4) is 0 Å². The molecule has 1 aromatic rings. The molecule has 2 fully saturated rings. The van der Waals surface area contributed by atoms with E-state index in [4.69, 9.17) is 16.3 Å². The van der Waals surface area contributed by atoms with Crippen molar-refractivity contribution in [1.82, 2.24) is 4.90 Å². The predicted molar refractivity (Wildman–Crippen MR) is 79.5 cm³/mol. The van der Waals surface area contributed by atoms with Gasteiger partial charge in [-0.25, -0.2) is 4.90 Å². The number of nitrogens with zero attached hydrogens (tertiary/aromatic N) is 2. The van der Waals surface area contributed by atoms with Crippen LogP contribution >= 0.6 is 11.6 Å². The van der Waals surface area contributed by atoms with Gasteiger partial charge in [0.15, 0.2) is 0 Å². The van der Waals surface area contributed by atoms with Gasteiger partial charge in [-0.1, -0.05) is 17.7 Å². The number of halogens is 1. The number of amides is 2. The van der Waals surface area contributed by atoms with Crippen molar-refractivity contribution in [3.05, 3.63) is 28.8 Å². The van der Waals surface area contributed by atoms with E-state index in [-0.39, 0.29) is 24.3 Å². The topological polar surface area (TPSA) is 49.9 Å². The lowest BCUT2D eigenvalue weighted by molar-refractivity contribution is -0.123. The third-order valence-corrected chi connectivity index (χ3v) is 4.43. The number of benzene rings is 1. The number of hydrogen-bond acceptors (Lipinski definition) is 4. The van der Waals surface area contributed by atoms with Crippen molar-refractivity contribution in [3.63, 3.8) is 0 Å². The van der Waals surface area contributed by atoms with E-state index < -0.39 is 0 Å². The molecule has 0 unspecified atom stereocenters. The number of ether oxygens (including phenoxy) is 1. The van der Waals surface area contributed by atoms with Crippen LogP contribution in [0, 0.1) is 6.92 Å². The molecule has 2 heterocycles. The molecule has 0 spiro atoms. The van der Waals surface area contributed by atoms with E-state index in [2.05, 4.69) is 0 Å². The minimum absolute atomic E-state index is 0.165. The molecule has 1 aromatic carbocycles. The monoisotopic (exact) mass is 308 g/mol. The lowest BCUT2D eigenvalue weighted by Crippen LogP contribution is -2.47. The first-order valence-corrected chi connectivity index (χ1v) is 7.40. The van der Waals surface area contributed by atoms with Gasteiger partial charge < -0.3 is 4.74 Å². The van der Waals surface area contributed by atoms with Gasteiger partial charge in [-0.15, -0.1) is 0 Å². The molecule has 6 heteroatoms. The zero-order valence-corrected chi connectivity index (χ0v) is 12.6. The van der Waals surface area contributed by atoms with Crippen LogP contribution in [0.4, 0.5) is 5.69 Å². The fourth-order valence-electron chi connectivity index (χ4n) is 2.78. The van der Waals surface area contributed by atoms with Crippen LogP contribution in [-0.2, 0) is 14.3 Å². The normalized spacial score (nSPS) is 23.9. The van der Waals surface area contributed by atoms with Crippen LogP contribution in [0.15, 0.2) is 18.2 Å². The summed E-state index contributed by atoms with van der Waals surface area (Å²) in [6, 6.07) is 4.88. The van der Waals surface area contributed by atoms with Crippen molar-refractivity contribution < 1.29 is 14.3 Å². The smallest absolute Gasteiger partial charge is 0.251 e. The second kappa shape index (κ2) is 5.75. The fraction of sp³-hybridized carbons (Fsp3) is 0.467. The van der Waals surface area contributed by atoms with E-state index in [9.17, 15) is 9.59 Å². The number of hydrogen-bond donors (Lipinski definition) is 0. The van der Waals surface area contributed by atoms with Crippen LogP contribution in [-0.4, -0.2) is 49.1 Å². The van der Waals surface area contributed by atoms with Gasteiger partial charge in [0.1, 0.15) is 0 Å². The molecule has 5 nitrogen and oxygen atoms in total. The number of carbonyl (C=O) groups excluding carboxylic acids is 2. The van der Waals surface area contributed by atoms with Gasteiger partial charge in [0.2, 0.25) is 5.91 Å². The summed E-state index contributed by atoms with van der Waals surface area (Å²) in [5.41, 5.74) is 1.47. The Morgan fingerprint density at radius 1 is 1.24 bits per heavy atom. The van der Waals surface area contributed by atoms with Gasteiger partial charge in [-0.3, -0.25) is 14.5 Å². The molecule has 0 aromatic heterocycles. The standard InChI is InChI=1S/C15H17ClN2O3/c1-10-2-3-11(8-12(10)16)18-14(19)9-13(15(18)20)17-4-6-21-7-5-17/h2-3,8,13H,4-7,9H2,1H3/t13-/m0/s1. The van der Waals surface area contributed by atoms with Crippen molar-refractivity contribution in [2.75, 3.05) is 31.2 Å². The molecule has 2 saturated heterocycles. The van der Waals surface area contributed by atoms with E-state index in [0.29, 0.717) is 37.0 Å². The lowest BCUT2D eigenvalue weighted by atomic mass is 10.2. The van der Waals surface area contributed by atoms with Crippen LogP contribution in [0.5, 0.6) is 0 Å². The third-order valence-electron chi connectivity index (χ3n) is 4.02. The SMILES string of the molecule is Cc1ccc(N2C(=O)C[C@H](N3CCOCC3)C2=O)cc1Cl. The molecule has 1 atom stereocenters. The van der Waals surface area contributed by atoms with Crippen LogP contribution in [0.25, 0.3) is 0 Å². The molecular weight excluding hydrogens is 292 g/mol. The highest BCUT2D eigenvalue weighted by atomic mass is 35.5. The molecule has 3 rings (SSSR count). The lowest BCUT2D eigenvalue weighted by Gasteiger charge is -2.30. The molecular formula is C15H17ClN2O3. The Morgan fingerprint density at radius 2 is 1.95 bits per heavy atom. The number of rotatable bonds is 2. The van der Waals surface area contributed by atoms with Gasteiger partial charge in [0.05, 0.1) is 31.4 Å². The van der Waals surface area contributed by atoms with Crippen molar-refractivity contribution in [3.8, 4) is 0 Å². The third kappa shape index (κ3) is 2.69. The summed E-state index contributed by atoms with van der Waals surface area (Å²) in [6.07, 6.45) is 0.227. The minimum Gasteiger partial charge on any atom is -0.379 e. The second-order valence-corrected chi connectivity index (χ2v) is 5.78. The highest BCUT2D eigenvalue weighted by Gasteiger charge is 2.43. The fourth-order valence-corrected chi connectivity index (χ4v) is 2.96. The summed E-state index contributed by atoms with van der Waals surface area (Å²) in [5.74, 6) is -0.335.